The first-order valence-electron chi connectivity index (χ1n) is 10.2. The van der Waals surface area contributed by atoms with Gasteiger partial charge in [-0.2, -0.15) is 0 Å². The Balaban J connectivity index is 1.73. The van der Waals surface area contributed by atoms with Crippen molar-refractivity contribution < 1.29 is 9.53 Å². The first-order valence-corrected chi connectivity index (χ1v) is 10.2. The molecule has 154 valence electrons. The number of carbonyl (C=O) groups excluding carboxylic acids is 1. The van der Waals surface area contributed by atoms with Gasteiger partial charge in [0, 0.05) is 30.9 Å². The van der Waals surface area contributed by atoms with Gasteiger partial charge in [0.1, 0.15) is 0 Å². The zero-order valence-corrected chi connectivity index (χ0v) is 17.2. The minimum absolute atomic E-state index is 0.176. The fraction of sp³-hybridized carbons (Fsp3) is 0.391. The van der Waals surface area contributed by atoms with Crippen molar-refractivity contribution in [2.75, 3.05) is 44.7 Å². The van der Waals surface area contributed by atoms with Crippen LogP contribution in [0.25, 0.3) is 0 Å². The number of hydrogen-bond donors (Lipinski definition) is 2. The molecular weight excluding hydrogens is 364 g/mol. The highest BCUT2D eigenvalue weighted by Gasteiger charge is 2.13. The number of anilines is 1. The van der Waals surface area contributed by atoms with Gasteiger partial charge < -0.3 is 10.1 Å². The van der Waals surface area contributed by atoms with Crippen LogP contribution in [0, 0.1) is 0 Å². The zero-order valence-electron chi connectivity index (χ0n) is 17.2. The van der Waals surface area contributed by atoms with Crippen molar-refractivity contribution in [3.8, 4) is 0 Å². The van der Waals surface area contributed by atoms with Crippen LogP contribution in [0.1, 0.15) is 35.7 Å². The molecule has 0 saturated carbocycles. The van der Waals surface area contributed by atoms with E-state index in [1.807, 2.05) is 36.4 Å². The van der Waals surface area contributed by atoms with Gasteiger partial charge in [-0.15, -0.1) is 0 Å². The predicted octanol–water partition coefficient (Wildman–Crippen LogP) is 3.34. The van der Waals surface area contributed by atoms with Crippen molar-refractivity contribution in [1.29, 1.82) is 0 Å². The summed E-state index contributed by atoms with van der Waals surface area (Å²) < 4.78 is 5.40. The number of para-hydroxylation sites is 1. The van der Waals surface area contributed by atoms with Crippen LogP contribution in [0.15, 0.2) is 59.6 Å². The second-order valence-electron chi connectivity index (χ2n) is 7.37. The Bertz CT molecular complexity index is 815. The number of guanidine groups is 1. The normalized spacial score (nSPS) is 15.3. The molecule has 0 aromatic heterocycles. The van der Waals surface area contributed by atoms with Gasteiger partial charge in [-0.25, -0.2) is 0 Å². The lowest BCUT2D eigenvalue weighted by Crippen LogP contribution is -2.39. The summed E-state index contributed by atoms with van der Waals surface area (Å²) in [6.45, 7) is 9.11. The number of ether oxygens (including phenoxy) is 1. The lowest BCUT2D eigenvalue weighted by molar-refractivity contribution is 0.0394. The highest BCUT2D eigenvalue weighted by molar-refractivity contribution is 6.10. The summed E-state index contributed by atoms with van der Waals surface area (Å²) in [4.78, 5) is 19.7. The van der Waals surface area contributed by atoms with Gasteiger partial charge in [-0.05, 0) is 29.7 Å². The zero-order chi connectivity index (χ0) is 20.5. The van der Waals surface area contributed by atoms with Gasteiger partial charge in [0.15, 0.2) is 0 Å². The summed E-state index contributed by atoms with van der Waals surface area (Å²) in [7, 11) is 0. The largest absolute Gasteiger partial charge is 0.379 e. The SMILES string of the molecule is CC(C)c1ccccc1NC(=NCCN1CCOCC1)NC(=O)c1ccccc1. The Labute approximate surface area is 173 Å². The molecule has 1 heterocycles. The second-order valence-corrected chi connectivity index (χ2v) is 7.37. The number of aliphatic imine (C=N–C) groups is 1. The van der Waals surface area contributed by atoms with Crippen molar-refractivity contribution in [3.63, 3.8) is 0 Å². The summed E-state index contributed by atoms with van der Waals surface area (Å²) >= 11 is 0. The smallest absolute Gasteiger partial charge is 0.257 e. The van der Waals surface area contributed by atoms with E-state index in [1.165, 1.54) is 5.56 Å². The topological polar surface area (TPSA) is 66.0 Å². The second kappa shape index (κ2) is 10.7. The van der Waals surface area contributed by atoms with Gasteiger partial charge in [0.25, 0.3) is 5.91 Å². The number of rotatable bonds is 6. The molecule has 29 heavy (non-hydrogen) atoms. The molecule has 6 heteroatoms. The van der Waals surface area contributed by atoms with Crippen LogP contribution in [-0.4, -0.2) is 56.2 Å². The van der Waals surface area contributed by atoms with Gasteiger partial charge in [-0.1, -0.05) is 50.2 Å². The molecule has 3 rings (SSSR count). The molecule has 2 aromatic rings. The van der Waals surface area contributed by atoms with Crippen molar-refractivity contribution in [3.05, 3.63) is 65.7 Å². The van der Waals surface area contributed by atoms with Crippen molar-refractivity contribution in [1.82, 2.24) is 10.2 Å². The quantitative estimate of drug-likeness (QED) is 0.583. The summed E-state index contributed by atoms with van der Waals surface area (Å²) in [5.74, 6) is 0.656. The maximum absolute atomic E-state index is 12.7. The first-order chi connectivity index (χ1) is 14.1. The molecule has 0 radical (unpaired) electrons. The van der Waals surface area contributed by atoms with Gasteiger partial charge in [-0.3, -0.25) is 20.0 Å². The number of hydrogen-bond acceptors (Lipinski definition) is 4. The monoisotopic (exact) mass is 394 g/mol. The van der Waals surface area contributed by atoms with Crippen LogP contribution in [0.4, 0.5) is 5.69 Å². The fourth-order valence-corrected chi connectivity index (χ4v) is 3.25. The highest BCUT2D eigenvalue weighted by atomic mass is 16.5. The number of carbonyl (C=O) groups is 1. The van der Waals surface area contributed by atoms with Crippen LogP contribution in [-0.2, 0) is 4.74 Å². The Morgan fingerprint density at radius 2 is 1.76 bits per heavy atom. The van der Waals surface area contributed by atoms with E-state index < -0.39 is 0 Å². The van der Waals surface area contributed by atoms with Crippen LogP contribution in [0.5, 0.6) is 0 Å². The van der Waals surface area contributed by atoms with Gasteiger partial charge in [0.2, 0.25) is 5.96 Å². The molecule has 1 aliphatic heterocycles. The third kappa shape index (κ3) is 6.41. The lowest BCUT2D eigenvalue weighted by Gasteiger charge is -2.25. The van der Waals surface area contributed by atoms with Crippen molar-refractivity contribution in [2.24, 2.45) is 4.99 Å². The Hall–Kier alpha value is -2.70. The third-order valence-corrected chi connectivity index (χ3v) is 4.89. The Morgan fingerprint density at radius 1 is 1.07 bits per heavy atom. The molecule has 0 aliphatic carbocycles. The molecule has 0 spiro atoms. The van der Waals surface area contributed by atoms with E-state index in [0.29, 0.717) is 24.0 Å². The van der Waals surface area contributed by atoms with Crippen molar-refractivity contribution in [2.45, 2.75) is 19.8 Å². The maximum Gasteiger partial charge on any atom is 0.257 e. The molecule has 1 aliphatic rings. The van der Waals surface area contributed by atoms with E-state index in [9.17, 15) is 4.79 Å². The lowest BCUT2D eigenvalue weighted by atomic mass is 10.0. The number of nitrogens with zero attached hydrogens (tertiary/aromatic N) is 2. The van der Waals surface area contributed by atoms with E-state index in [0.717, 1.165) is 38.5 Å². The molecule has 1 fully saturated rings. The summed E-state index contributed by atoms with van der Waals surface area (Å²) in [6, 6.07) is 17.3. The van der Waals surface area contributed by atoms with Crippen LogP contribution in [0.3, 0.4) is 0 Å². The summed E-state index contributed by atoms with van der Waals surface area (Å²) in [6.07, 6.45) is 0. The standard InChI is InChI=1S/C23H30N4O2/c1-18(2)20-10-6-7-11-21(20)25-23(24-12-13-27-14-16-29-17-15-27)26-22(28)19-8-4-3-5-9-19/h3-11,18H,12-17H2,1-2H3,(H2,24,25,26,28). The maximum atomic E-state index is 12.7. The van der Waals surface area contributed by atoms with E-state index in [1.54, 1.807) is 12.1 Å². The first kappa shape index (κ1) is 21.0. The fourth-order valence-electron chi connectivity index (χ4n) is 3.25. The van der Waals surface area contributed by atoms with E-state index in [4.69, 9.17) is 4.74 Å². The minimum atomic E-state index is -0.176. The van der Waals surface area contributed by atoms with Crippen LogP contribution in [0.2, 0.25) is 0 Å². The number of nitrogens with one attached hydrogen (secondary N) is 2. The molecule has 0 atom stereocenters. The van der Waals surface area contributed by atoms with E-state index in [-0.39, 0.29) is 5.91 Å². The summed E-state index contributed by atoms with van der Waals surface area (Å²) in [5, 5.41) is 6.28. The number of amides is 1. The minimum Gasteiger partial charge on any atom is -0.379 e. The molecule has 6 nitrogen and oxygen atoms in total. The number of morpholine rings is 1. The van der Waals surface area contributed by atoms with E-state index >= 15 is 0 Å². The van der Waals surface area contributed by atoms with E-state index in [2.05, 4.69) is 40.4 Å². The van der Waals surface area contributed by atoms with Crippen LogP contribution >= 0.6 is 0 Å². The number of benzene rings is 2. The highest BCUT2D eigenvalue weighted by Crippen LogP contribution is 2.23. The van der Waals surface area contributed by atoms with Gasteiger partial charge in [0.05, 0.1) is 19.8 Å². The van der Waals surface area contributed by atoms with Gasteiger partial charge >= 0.3 is 0 Å². The molecule has 0 unspecified atom stereocenters. The third-order valence-electron chi connectivity index (χ3n) is 4.89. The molecule has 2 aromatic carbocycles. The average molecular weight is 395 g/mol. The molecular formula is C23H30N4O2. The Kier molecular flexibility index (Phi) is 7.78. The van der Waals surface area contributed by atoms with Crippen LogP contribution < -0.4 is 10.6 Å². The predicted molar refractivity (Wildman–Crippen MR) is 118 cm³/mol. The molecule has 1 amide bonds. The summed E-state index contributed by atoms with van der Waals surface area (Å²) in [5.41, 5.74) is 2.75. The molecule has 2 N–H and O–H groups in total. The van der Waals surface area contributed by atoms with Crippen molar-refractivity contribution >= 4 is 17.6 Å². The average Bonchev–Trinajstić information content (AvgIpc) is 2.75. The Morgan fingerprint density at radius 3 is 2.48 bits per heavy atom. The molecule has 0 bridgehead atoms. The molecule has 1 saturated heterocycles.